The SMILES string of the molecule is c1ccc2c(-c3cnc4c(NCc5ccc6c(c5)OCO6)nccn34)cccc2c1. The molecule has 0 radical (unpaired) electrons. The molecule has 0 unspecified atom stereocenters. The smallest absolute Gasteiger partial charge is 0.231 e. The van der Waals surface area contributed by atoms with Crippen molar-refractivity contribution in [2.24, 2.45) is 0 Å². The molecular formula is C24H18N4O2. The van der Waals surface area contributed by atoms with E-state index in [0.29, 0.717) is 6.54 Å². The van der Waals surface area contributed by atoms with Crippen molar-refractivity contribution in [3.63, 3.8) is 0 Å². The molecule has 146 valence electrons. The summed E-state index contributed by atoms with van der Waals surface area (Å²) in [5.41, 5.74) is 4.06. The Kier molecular flexibility index (Phi) is 3.81. The van der Waals surface area contributed by atoms with E-state index in [1.165, 1.54) is 10.8 Å². The number of hydrogen-bond donors (Lipinski definition) is 1. The van der Waals surface area contributed by atoms with Crippen LogP contribution in [0.15, 0.2) is 79.3 Å². The highest BCUT2D eigenvalue weighted by Crippen LogP contribution is 2.33. The van der Waals surface area contributed by atoms with E-state index in [-0.39, 0.29) is 6.79 Å². The van der Waals surface area contributed by atoms with Gasteiger partial charge in [0.2, 0.25) is 6.79 Å². The minimum atomic E-state index is 0.276. The average Bonchev–Trinajstić information content (AvgIpc) is 3.44. The van der Waals surface area contributed by atoms with Crippen LogP contribution >= 0.6 is 0 Å². The van der Waals surface area contributed by atoms with Crippen molar-refractivity contribution < 1.29 is 9.47 Å². The third-order valence-corrected chi connectivity index (χ3v) is 5.39. The summed E-state index contributed by atoms with van der Waals surface area (Å²) in [4.78, 5) is 9.18. The van der Waals surface area contributed by atoms with Crippen LogP contribution in [-0.2, 0) is 6.54 Å². The van der Waals surface area contributed by atoms with E-state index in [2.05, 4.69) is 62.2 Å². The Morgan fingerprint density at radius 2 is 1.83 bits per heavy atom. The summed E-state index contributed by atoms with van der Waals surface area (Å²) in [7, 11) is 0. The fraction of sp³-hybridized carbons (Fsp3) is 0.0833. The molecule has 0 saturated heterocycles. The third kappa shape index (κ3) is 2.73. The zero-order chi connectivity index (χ0) is 19.9. The number of hydrogen-bond acceptors (Lipinski definition) is 5. The first kappa shape index (κ1) is 16.9. The van der Waals surface area contributed by atoms with E-state index in [4.69, 9.17) is 9.47 Å². The van der Waals surface area contributed by atoms with Crippen molar-refractivity contribution in [2.75, 3.05) is 12.1 Å². The lowest BCUT2D eigenvalue weighted by molar-refractivity contribution is 0.174. The molecule has 3 heterocycles. The summed E-state index contributed by atoms with van der Waals surface area (Å²) in [5, 5.41) is 5.82. The van der Waals surface area contributed by atoms with Gasteiger partial charge in [-0.3, -0.25) is 4.40 Å². The number of aromatic nitrogens is 3. The van der Waals surface area contributed by atoms with E-state index >= 15 is 0 Å². The van der Waals surface area contributed by atoms with Crippen molar-refractivity contribution in [3.8, 4) is 22.8 Å². The number of fused-ring (bicyclic) bond motifs is 3. The van der Waals surface area contributed by atoms with Gasteiger partial charge in [0.25, 0.3) is 0 Å². The van der Waals surface area contributed by atoms with Crippen LogP contribution in [-0.4, -0.2) is 21.2 Å². The van der Waals surface area contributed by atoms with Gasteiger partial charge in [-0.1, -0.05) is 48.5 Å². The molecule has 0 bridgehead atoms. The van der Waals surface area contributed by atoms with Crippen LogP contribution in [0.4, 0.5) is 5.82 Å². The van der Waals surface area contributed by atoms with Gasteiger partial charge in [-0.25, -0.2) is 9.97 Å². The maximum absolute atomic E-state index is 5.47. The van der Waals surface area contributed by atoms with Gasteiger partial charge in [-0.05, 0) is 28.5 Å². The molecule has 3 aromatic carbocycles. The second-order valence-corrected chi connectivity index (χ2v) is 7.18. The lowest BCUT2D eigenvalue weighted by Gasteiger charge is -2.09. The van der Waals surface area contributed by atoms with Crippen LogP contribution in [0.5, 0.6) is 11.5 Å². The number of benzene rings is 3. The topological polar surface area (TPSA) is 60.7 Å². The average molecular weight is 394 g/mol. The summed E-state index contributed by atoms with van der Waals surface area (Å²) >= 11 is 0. The van der Waals surface area contributed by atoms with E-state index < -0.39 is 0 Å². The lowest BCUT2D eigenvalue weighted by Crippen LogP contribution is -2.04. The van der Waals surface area contributed by atoms with Crippen molar-refractivity contribution in [1.82, 2.24) is 14.4 Å². The molecule has 1 aliphatic heterocycles. The predicted molar refractivity (Wildman–Crippen MR) is 116 cm³/mol. The second-order valence-electron chi connectivity index (χ2n) is 7.18. The molecule has 0 atom stereocenters. The molecule has 30 heavy (non-hydrogen) atoms. The van der Waals surface area contributed by atoms with Gasteiger partial charge in [-0.15, -0.1) is 0 Å². The molecule has 1 aliphatic rings. The first-order chi connectivity index (χ1) is 14.9. The lowest BCUT2D eigenvalue weighted by atomic mass is 10.0. The van der Waals surface area contributed by atoms with Crippen molar-refractivity contribution in [2.45, 2.75) is 6.54 Å². The second kappa shape index (κ2) is 6.77. The third-order valence-electron chi connectivity index (χ3n) is 5.39. The molecule has 6 heteroatoms. The minimum absolute atomic E-state index is 0.276. The molecule has 1 N–H and O–H groups in total. The van der Waals surface area contributed by atoms with Crippen LogP contribution in [0.3, 0.4) is 0 Å². The van der Waals surface area contributed by atoms with Gasteiger partial charge in [0, 0.05) is 24.5 Å². The van der Waals surface area contributed by atoms with Gasteiger partial charge in [0.15, 0.2) is 23.0 Å². The van der Waals surface area contributed by atoms with E-state index in [1.807, 2.05) is 30.6 Å². The number of rotatable bonds is 4. The largest absolute Gasteiger partial charge is 0.454 e. The minimum Gasteiger partial charge on any atom is -0.454 e. The predicted octanol–water partition coefficient (Wildman–Crippen LogP) is 4.89. The molecular weight excluding hydrogens is 376 g/mol. The van der Waals surface area contributed by atoms with Gasteiger partial charge >= 0.3 is 0 Å². The van der Waals surface area contributed by atoms with Crippen LogP contribution in [0.1, 0.15) is 5.56 Å². The summed E-state index contributed by atoms with van der Waals surface area (Å²) in [6.45, 7) is 0.887. The van der Waals surface area contributed by atoms with Crippen LogP contribution in [0, 0.1) is 0 Å². The zero-order valence-corrected chi connectivity index (χ0v) is 16.1. The first-order valence-electron chi connectivity index (χ1n) is 9.79. The standard InChI is InChI=1S/C24H18N4O2/c1-2-6-18-17(4-1)5-3-7-19(18)20-14-27-24-23(25-10-11-28(20)24)26-13-16-8-9-21-22(12-16)30-15-29-21/h1-12,14H,13,15H2,(H,25,26). The Labute approximate surface area is 172 Å². The van der Waals surface area contributed by atoms with Gasteiger partial charge in [0.1, 0.15) is 0 Å². The van der Waals surface area contributed by atoms with E-state index in [0.717, 1.165) is 39.8 Å². The van der Waals surface area contributed by atoms with Crippen LogP contribution < -0.4 is 14.8 Å². The maximum Gasteiger partial charge on any atom is 0.231 e. The quantitative estimate of drug-likeness (QED) is 0.470. The molecule has 0 aliphatic carbocycles. The first-order valence-corrected chi connectivity index (χ1v) is 9.79. The molecule has 6 nitrogen and oxygen atoms in total. The van der Waals surface area contributed by atoms with Crippen molar-refractivity contribution >= 4 is 22.2 Å². The van der Waals surface area contributed by atoms with E-state index in [1.54, 1.807) is 6.20 Å². The maximum atomic E-state index is 5.47. The highest BCUT2D eigenvalue weighted by atomic mass is 16.7. The summed E-state index contributed by atoms with van der Waals surface area (Å²) in [6.07, 6.45) is 5.65. The van der Waals surface area contributed by atoms with Gasteiger partial charge < -0.3 is 14.8 Å². The Hall–Kier alpha value is -4.06. The number of nitrogens with one attached hydrogen (secondary N) is 1. The molecule has 6 rings (SSSR count). The fourth-order valence-corrected chi connectivity index (χ4v) is 3.93. The van der Waals surface area contributed by atoms with Crippen molar-refractivity contribution in [1.29, 1.82) is 0 Å². The molecule has 2 aromatic heterocycles. The van der Waals surface area contributed by atoms with Gasteiger partial charge in [0.05, 0.1) is 11.9 Å². The molecule has 5 aromatic rings. The molecule has 0 fully saturated rings. The summed E-state index contributed by atoms with van der Waals surface area (Å²) < 4.78 is 12.9. The number of anilines is 1. The summed E-state index contributed by atoms with van der Waals surface area (Å²) in [5.74, 6) is 2.30. The number of ether oxygens (including phenoxy) is 2. The normalized spacial score (nSPS) is 12.5. The van der Waals surface area contributed by atoms with Crippen LogP contribution in [0.25, 0.3) is 27.7 Å². The highest BCUT2D eigenvalue weighted by Gasteiger charge is 2.15. The Morgan fingerprint density at radius 1 is 0.933 bits per heavy atom. The van der Waals surface area contributed by atoms with Crippen LogP contribution in [0.2, 0.25) is 0 Å². The molecule has 0 amide bonds. The Bertz CT molecular complexity index is 1390. The van der Waals surface area contributed by atoms with Crippen molar-refractivity contribution in [3.05, 3.63) is 84.8 Å². The molecule has 0 saturated carbocycles. The van der Waals surface area contributed by atoms with Gasteiger partial charge in [-0.2, -0.15) is 0 Å². The number of nitrogens with zero attached hydrogens (tertiary/aromatic N) is 3. The summed E-state index contributed by atoms with van der Waals surface area (Å²) in [6, 6.07) is 20.7. The Morgan fingerprint density at radius 3 is 2.83 bits per heavy atom. The molecule has 0 spiro atoms. The fourth-order valence-electron chi connectivity index (χ4n) is 3.93. The zero-order valence-electron chi connectivity index (χ0n) is 16.1. The monoisotopic (exact) mass is 394 g/mol. The number of imidazole rings is 1. The highest BCUT2D eigenvalue weighted by molar-refractivity contribution is 5.96. The van der Waals surface area contributed by atoms with E-state index in [9.17, 15) is 0 Å². The Balaban J connectivity index is 1.36.